The summed E-state index contributed by atoms with van der Waals surface area (Å²) < 4.78 is 32.6. The van der Waals surface area contributed by atoms with E-state index in [2.05, 4.69) is 0 Å². The Morgan fingerprint density at radius 1 is 1.07 bits per heavy atom. The van der Waals surface area contributed by atoms with Crippen molar-refractivity contribution in [2.45, 2.75) is 31.8 Å². The van der Waals surface area contributed by atoms with E-state index in [1.165, 1.54) is 18.2 Å². The summed E-state index contributed by atoms with van der Waals surface area (Å²) in [6.07, 6.45) is -0.382. The second-order valence-corrected chi connectivity index (χ2v) is 9.09. The molecule has 0 radical (unpaired) electrons. The van der Waals surface area contributed by atoms with Gasteiger partial charge in [-0.05, 0) is 56.7 Å². The maximum Gasteiger partial charge on any atom is 0.327 e. The molecule has 0 heterocycles. The molecule has 0 bridgehead atoms. The van der Waals surface area contributed by atoms with Crippen molar-refractivity contribution in [3.8, 4) is 0 Å². The molecule has 0 unspecified atom stereocenters. The second-order valence-electron chi connectivity index (χ2n) is 6.01. The number of esters is 1. The van der Waals surface area contributed by atoms with Crippen LogP contribution < -0.4 is 4.31 Å². The Morgan fingerprint density at radius 3 is 2.33 bits per heavy atom. The minimum Gasteiger partial charge on any atom is -0.462 e. The van der Waals surface area contributed by atoms with Crippen LogP contribution in [0.5, 0.6) is 0 Å². The number of nitrogens with zero attached hydrogens (tertiary/aromatic N) is 1. The molecule has 0 N–H and O–H groups in total. The molecule has 0 saturated heterocycles. The average Bonchev–Trinajstić information content (AvgIpc) is 2.57. The van der Waals surface area contributed by atoms with Gasteiger partial charge in [-0.3, -0.25) is 9.10 Å². The number of hydrogen-bond acceptors (Lipinski definition) is 4. The van der Waals surface area contributed by atoms with Crippen LogP contribution in [0.25, 0.3) is 0 Å². The third-order valence-corrected chi connectivity index (χ3v) is 6.53. The number of carbonyl (C=O) groups is 1. The van der Waals surface area contributed by atoms with E-state index in [4.69, 9.17) is 39.5 Å². The van der Waals surface area contributed by atoms with Gasteiger partial charge in [0.05, 0.1) is 26.7 Å². The lowest BCUT2D eigenvalue weighted by Crippen LogP contribution is -2.37. The molecule has 0 aliphatic heterocycles. The standard InChI is InChI=1S/C18H18Cl3NO4S/c1-11(2)26-18(23)10-22(17-6-4-5-14(19)12(17)3)27(24,25)13-7-8-15(20)16(21)9-13/h4-9,11H,10H2,1-3H3. The number of sulfonamides is 1. The Kier molecular flexibility index (Phi) is 7.03. The Labute approximate surface area is 173 Å². The molecule has 0 amide bonds. The van der Waals surface area contributed by atoms with Crippen molar-refractivity contribution in [1.82, 2.24) is 0 Å². The van der Waals surface area contributed by atoms with Crippen molar-refractivity contribution >= 4 is 56.5 Å². The monoisotopic (exact) mass is 449 g/mol. The Bertz CT molecular complexity index is 961. The van der Waals surface area contributed by atoms with Crippen molar-refractivity contribution in [3.05, 3.63) is 57.0 Å². The van der Waals surface area contributed by atoms with E-state index in [-0.39, 0.29) is 26.7 Å². The van der Waals surface area contributed by atoms with Gasteiger partial charge >= 0.3 is 5.97 Å². The smallest absolute Gasteiger partial charge is 0.327 e. The SMILES string of the molecule is Cc1c(Cl)cccc1N(CC(=O)OC(C)C)S(=O)(=O)c1ccc(Cl)c(Cl)c1. The molecule has 146 valence electrons. The van der Waals surface area contributed by atoms with Gasteiger partial charge in [0.25, 0.3) is 10.0 Å². The highest BCUT2D eigenvalue weighted by atomic mass is 35.5. The first-order valence-corrected chi connectivity index (χ1v) is 10.5. The predicted molar refractivity (Wildman–Crippen MR) is 108 cm³/mol. The molecule has 0 fully saturated rings. The number of ether oxygens (including phenoxy) is 1. The molecule has 0 aliphatic carbocycles. The summed E-state index contributed by atoms with van der Waals surface area (Å²) in [5, 5.41) is 0.685. The summed E-state index contributed by atoms with van der Waals surface area (Å²) >= 11 is 18.0. The normalized spacial score (nSPS) is 11.5. The van der Waals surface area contributed by atoms with Gasteiger partial charge in [0, 0.05) is 5.02 Å². The molecular weight excluding hydrogens is 433 g/mol. The van der Waals surface area contributed by atoms with E-state index in [1.54, 1.807) is 39.0 Å². The van der Waals surface area contributed by atoms with Gasteiger partial charge < -0.3 is 4.74 Å². The molecule has 0 aliphatic rings. The first-order chi connectivity index (χ1) is 12.5. The highest BCUT2D eigenvalue weighted by Crippen LogP contribution is 2.32. The van der Waals surface area contributed by atoms with Gasteiger partial charge in [0.1, 0.15) is 6.54 Å². The number of carbonyl (C=O) groups excluding carboxylic acids is 1. The fourth-order valence-electron chi connectivity index (χ4n) is 2.35. The highest BCUT2D eigenvalue weighted by molar-refractivity contribution is 7.92. The third-order valence-electron chi connectivity index (χ3n) is 3.63. The average molecular weight is 451 g/mol. The fraction of sp³-hybridized carbons (Fsp3) is 0.278. The molecule has 0 saturated carbocycles. The van der Waals surface area contributed by atoms with Gasteiger partial charge in [-0.1, -0.05) is 40.9 Å². The highest BCUT2D eigenvalue weighted by Gasteiger charge is 2.30. The van der Waals surface area contributed by atoms with Crippen LogP contribution in [0.15, 0.2) is 41.3 Å². The van der Waals surface area contributed by atoms with Crippen molar-refractivity contribution in [2.75, 3.05) is 10.8 Å². The molecule has 9 heteroatoms. The number of halogens is 3. The quantitative estimate of drug-likeness (QED) is 0.574. The van der Waals surface area contributed by atoms with Crippen LogP contribution in [0, 0.1) is 6.92 Å². The largest absolute Gasteiger partial charge is 0.462 e. The first kappa shape index (κ1) is 21.8. The molecule has 2 aromatic carbocycles. The Morgan fingerprint density at radius 2 is 1.74 bits per heavy atom. The first-order valence-electron chi connectivity index (χ1n) is 7.96. The van der Waals surface area contributed by atoms with E-state index in [1.807, 2.05) is 0 Å². The van der Waals surface area contributed by atoms with Crippen LogP contribution in [0.4, 0.5) is 5.69 Å². The number of rotatable bonds is 6. The van der Waals surface area contributed by atoms with E-state index in [0.29, 0.717) is 10.6 Å². The van der Waals surface area contributed by atoms with Crippen molar-refractivity contribution in [3.63, 3.8) is 0 Å². The predicted octanol–water partition coefficient (Wildman–Crippen LogP) is 5.10. The van der Waals surface area contributed by atoms with Gasteiger partial charge in [-0.2, -0.15) is 0 Å². The van der Waals surface area contributed by atoms with Crippen LogP contribution in [0.3, 0.4) is 0 Å². The van der Waals surface area contributed by atoms with Crippen molar-refractivity contribution in [2.24, 2.45) is 0 Å². The third kappa shape index (κ3) is 5.08. The topological polar surface area (TPSA) is 63.7 Å². The lowest BCUT2D eigenvalue weighted by molar-refractivity contribution is -0.145. The number of benzene rings is 2. The molecule has 27 heavy (non-hydrogen) atoms. The number of hydrogen-bond donors (Lipinski definition) is 0. The summed E-state index contributed by atoms with van der Waals surface area (Å²) in [4.78, 5) is 12.1. The summed E-state index contributed by atoms with van der Waals surface area (Å²) in [5.74, 6) is -0.687. The lowest BCUT2D eigenvalue weighted by Gasteiger charge is -2.26. The summed E-state index contributed by atoms with van der Waals surface area (Å²) in [5.41, 5.74) is 0.787. The molecule has 0 spiro atoms. The van der Waals surface area contributed by atoms with Crippen LogP contribution in [0.1, 0.15) is 19.4 Å². The molecular formula is C18H18Cl3NO4S. The van der Waals surface area contributed by atoms with E-state index < -0.39 is 22.5 Å². The van der Waals surface area contributed by atoms with Crippen LogP contribution in [0.2, 0.25) is 15.1 Å². The summed E-state index contributed by atoms with van der Waals surface area (Å²) in [7, 11) is -4.13. The zero-order chi connectivity index (χ0) is 20.4. The fourth-order valence-corrected chi connectivity index (χ4v) is 4.37. The van der Waals surface area contributed by atoms with Crippen LogP contribution in [-0.4, -0.2) is 27.0 Å². The van der Waals surface area contributed by atoms with Gasteiger partial charge in [0.15, 0.2) is 0 Å². The molecule has 2 aromatic rings. The van der Waals surface area contributed by atoms with Crippen molar-refractivity contribution in [1.29, 1.82) is 0 Å². The molecule has 0 aromatic heterocycles. The zero-order valence-corrected chi connectivity index (χ0v) is 18.0. The maximum absolute atomic E-state index is 13.3. The maximum atomic E-state index is 13.3. The zero-order valence-electron chi connectivity index (χ0n) is 14.9. The van der Waals surface area contributed by atoms with Crippen LogP contribution >= 0.6 is 34.8 Å². The summed E-state index contributed by atoms with van der Waals surface area (Å²) in [6, 6.07) is 8.75. The minimum atomic E-state index is -4.13. The van der Waals surface area contributed by atoms with Crippen molar-refractivity contribution < 1.29 is 17.9 Å². The van der Waals surface area contributed by atoms with Gasteiger partial charge in [0.2, 0.25) is 0 Å². The lowest BCUT2D eigenvalue weighted by atomic mass is 10.2. The Balaban J connectivity index is 2.58. The van der Waals surface area contributed by atoms with Gasteiger partial charge in [-0.25, -0.2) is 8.42 Å². The Hall–Kier alpha value is -1.47. The van der Waals surface area contributed by atoms with E-state index >= 15 is 0 Å². The molecule has 5 nitrogen and oxygen atoms in total. The minimum absolute atomic E-state index is 0.0882. The second kappa shape index (κ2) is 8.69. The van der Waals surface area contributed by atoms with Crippen LogP contribution in [-0.2, 0) is 19.6 Å². The van der Waals surface area contributed by atoms with E-state index in [9.17, 15) is 13.2 Å². The summed E-state index contributed by atoms with van der Waals surface area (Å²) in [6.45, 7) is 4.52. The molecule has 2 rings (SSSR count). The van der Waals surface area contributed by atoms with E-state index in [0.717, 1.165) is 4.31 Å². The molecule has 0 atom stereocenters. The van der Waals surface area contributed by atoms with Gasteiger partial charge in [-0.15, -0.1) is 0 Å². The number of anilines is 1.